The van der Waals surface area contributed by atoms with Gasteiger partial charge in [0.1, 0.15) is 5.75 Å². The predicted octanol–water partition coefficient (Wildman–Crippen LogP) is 3.56. The highest BCUT2D eigenvalue weighted by molar-refractivity contribution is 5.63. The lowest BCUT2D eigenvalue weighted by atomic mass is 10.1. The Morgan fingerprint density at radius 3 is 2.55 bits per heavy atom. The molecule has 0 bridgehead atoms. The average molecular weight is 314 g/mol. The van der Waals surface area contributed by atoms with E-state index in [2.05, 4.69) is 9.72 Å². The molecule has 2 aromatic rings. The number of rotatable bonds is 4. The van der Waals surface area contributed by atoms with E-state index in [4.69, 9.17) is 4.74 Å². The second-order valence-corrected chi connectivity index (χ2v) is 4.06. The first-order chi connectivity index (χ1) is 10.3. The Morgan fingerprint density at radius 2 is 1.95 bits per heavy atom. The second-order valence-electron chi connectivity index (χ2n) is 4.06. The molecular formula is C13H9F3N2O4. The van der Waals surface area contributed by atoms with Crippen molar-refractivity contribution in [3.8, 4) is 22.9 Å². The molecule has 116 valence electrons. The Balaban J connectivity index is 2.40. The summed E-state index contributed by atoms with van der Waals surface area (Å²) in [4.78, 5) is 14.0. The molecule has 0 spiro atoms. The molecule has 0 aliphatic rings. The molecule has 0 aliphatic heterocycles. The molecule has 1 heterocycles. The zero-order valence-electron chi connectivity index (χ0n) is 11.1. The van der Waals surface area contributed by atoms with E-state index in [1.165, 1.54) is 31.4 Å². The maximum absolute atomic E-state index is 12.2. The van der Waals surface area contributed by atoms with E-state index in [9.17, 15) is 23.3 Å². The van der Waals surface area contributed by atoms with Crippen LogP contribution in [0.25, 0.3) is 11.3 Å². The minimum Gasteiger partial charge on any atom is -0.476 e. The number of hydrogen-bond donors (Lipinski definition) is 0. The molecule has 22 heavy (non-hydrogen) atoms. The van der Waals surface area contributed by atoms with Crippen molar-refractivity contribution in [2.75, 3.05) is 7.11 Å². The first-order valence-corrected chi connectivity index (χ1v) is 5.86. The first kappa shape index (κ1) is 15.5. The Bertz CT molecular complexity index is 704. The summed E-state index contributed by atoms with van der Waals surface area (Å²) in [5.74, 6) is -0.645. The van der Waals surface area contributed by atoms with Gasteiger partial charge >= 0.3 is 12.0 Å². The molecule has 0 saturated heterocycles. The number of methoxy groups -OCH3 is 1. The van der Waals surface area contributed by atoms with Crippen molar-refractivity contribution in [2.45, 2.75) is 6.36 Å². The van der Waals surface area contributed by atoms with Gasteiger partial charge in [-0.05, 0) is 18.2 Å². The molecule has 0 unspecified atom stereocenters. The molecule has 2 rings (SSSR count). The maximum atomic E-state index is 12.2. The van der Waals surface area contributed by atoms with E-state index in [1.807, 2.05) is 0 Å². The van der Waals surface area contributed by atoms with Gasteiger partial charge in [0.05, 0.1) is 17.7 Å². The molecule has 1 aromatic heterocycles. The van der Waals surface area contributed by atoms with Crippen molar-refractivity contribution in [3.05, 3.63) is 46.5 Å². The Morgan fingerprint density at radius 1 is 1.23 bits per heavy atom. The minimum absolute atomic E-state index is 0.218. The smallest absolute Gasteiger partial charge is 0.476 e. The SMILES string of the molecule is COc1nc(-c2cccc(OC(F)(F)F)c2)ccc1[N+](=O)[O-]. The van der Waals surface area contributed by atoms with Gasteiger partial charge < -0.3 is 9.47 Å². The van der Waals surface area contributed by atoms with Crippen molar-refractivity contribution in [1.82, 2.24) is 4.98 Å². The number of nitro groups is 1. The minimum atomic E-state index is -4.81. The fourth-order valence-electron chi connectivity index (χ4n) is 1.74. The van der Waals surface area contributed by atoms with Crippen LogP contribution in [0.3, 0.4) is 0 Å². The molecule has 0 saturated carbocycles. The molecule has 0 atom stereocenters. The normalized spacial score (nSPS) is 11.1. The van der Waals surface area contributed by atoms with Crippen LogP contribution in [-0.2, 0) is 0 Å². The van der Waals surface area contributed by atoms with Gasteiger partial charge in [0.15, 0.2) is 0 Å². The maximum Gasteiger partial charge on any atom is 0.573 e. The van der Waals surface area contributed by atoms with Crippen LogP contribution in [0.15, 0.2) is 36.4 Å². The fraction of sp³-hybridized carbons (Fsp3) is 0.154. The highest BCUT2D eigenvalue weighted by Crippen LogP contribution is 2.31. The monoisotopic (exact) mass is 314 g/mol. The Hall–Kier alpha value is -2.84. The van der Waals surface area contributed by atoms with Crippen molar-refractivity contribution in [3.63, 3.8) is 0 Å². The lowest BCUT2D eigenvalue weighted by Crippen LogP contribution is -2.17. The molecule has 0 aliphatic carbocycles. The summed E-state index contributed by atoms with van der Waals surface area (Å²) in [5, 5.41) is 10.8. The summed E-state index contributed by atoms with van der Waals surface area (Å²) < 4.78 is 45.2. The van der Waals surface area contributed by atoms with Crippen LogP contribution in [0.1, 0.15) is 0 Å². The number of hydrogen-bond acceptors (Lipinski definition) is 5. The Labute approximate surface area is 122 Å². The molecule has 9 heteroatoms. The summed E-state index contributed by atoms with van der Waals surface area (Å²) in [6.07, 6.45) is -4.81. The van der Waals surface area contributed by atoms with Crippen molar-refractivity contribution < 1.29 is 27.6 Å². The third-order valence-electron chi connectivity index (χ3n) is 2.59. The van der Waals surface area contributed by atoms with Gasteiger partial charge in [0.2, 0.25) is 0 Å². The molecule has 6 nitrogen and oxygen atoms in total. The molecule has 0 N–H and O–H groups in total. The zero-order valence-corrected chi connectivity index (χ0v) is 11.1. The van der Waals surface area contributed by atoms with E-state index < -0.39 is 17.0 Å². The fourth-order valence-corrected chi connectivity index (χ4v) is 1.74. The first-order valence-electron chi connectivity index (χ1n) is 5.86. The third kappa shape index (κ3) is 3.62. The highest BCUT2D eigenvalue weighted by Gasteiger charge is 2.31. The summed E-state index contributed by atoms with van der Waals surface area (Å²) >= 11 is 0. The van der Waals surface area contributed by atoms with Gasteiger partial charge in [-0.3, -0.25) is 10.1 Å². The van der Waals surface area contributed by atoms with Gasteiger partial charge in [-0.2, -0.15) is 0 Å². The third-order valence-corrected chi connectivity index (χ3v) is 2.59. The van der Waals surface area contributed by atoms with E-state index in [1.54, 1.807) is 0 Å². The summed E-state index contributed by atoms with van der Waals surface area (Å²) in [6.45, 7) is 0. The molecule has 1 aromatic carbocycles. The largest absolute Gasteiger partial charge is 0.573 e. The van der Waals surface area contributed by atoms with Crippen molar-refractivity contribution in [1.29, 1.82) is 0 Å². The van der Waals surface area contributed by atoms with E-state index in [-0.39, 0.29) is 17.3 Å². The average Bonchev–Trinajstić information content (AvgIpc) is 2.45. The van der Waals surface area contributed by atoms with Crippen LogP contribution in [-0.4, -0.2) is 23.4 Å². The number of halogens is 3. The summed E-state index contributed by atoms with van der Waals surface area (Å²) in [7, 11) is 1.21. The van der Waals surface area contributed by atoms with Crippen LogP contribution in [0, 0.1) is 10.1 Å². The number of aromatic nitrogens is 1. The molecule has 0 radical (unpaired) electrons. The van der Waals surface area contributed by atoms with Crippen molar-refractivity contribution in [2.24, 2.45) is 0 Å². The summed E-state index contributed by atoms with van der Waals surface area (Å²) in [5.41, 5.74) is 0.180. The lowest BCUT2D eigenvalue weighted by Gasteiger charge is -2.10. The highest BCUT2D eigenvalue weighted by atomic mass is 19.4. The van der Waals surface area contributed by atoms with Crippen LogP contribution in [0.4, 0.5) is 18.9 Å². The van der Waals surface area contributed by atoms with E-state index >= 15 is 0 Å². The van der Waals surface area contributed by atoms with Gasteiger partial charge in [0.25, 0.3) is 5.88 Å². The quantitative estimate of drug-likeness (QED) is 0.637. The Kier molecular flexibility index (Phi) is 4.15. The molecule has 0 fully saturated rings. The number of pyridine rings is 1. The van der Waals surface area contributed by atoms with Gasteiger partial charge in [0, 0.05) is 11.6 Å². The van der Waals surface area contributed by atoms with Crippen LogP contribution >= 0.6 is 0 Å². The van der Waals surface area contributed by atoms with Gasteiger partial charge in [-0.1, -0.05) is 12.1 Å². The number of alkyl halides is 3. The van der Waals surface area contributed by atoms with Crippen LogP contribution < -0.4 is 9.47 Å². The second kappa shape index (κ2) is 5.88. The van der Waals surface area contributed by atoms with Crippen LogP contribution in [0.2, 0.25) is 0 Å². The standard InChI is InChI=1S/C13H9F3N2O4/c1-21-12-11(18(19)20)6-5-10(17-12)8-3-2-4-9(7-8)22-13(14,15)16/h2-7H,1H3. The van der Waals surface area contributed by atoms with Gasteiger partial charge in [-0.25, -0.2) is 4.98 Å². The number of nitrogens with zero attached hydrogens (tertiary/aromatic N) is 2. The van der Waals surface area contributed by atoms with E-state index in [0.717, 1.165) is 12.1 Å². The summed E-state index contributed by atoms with van der Waals surface area (Å²) in [6, 6.07) is 7.59. The number of benzene rings is 1. The van der Waals surface area contributed by atoms with Gasteiger partial charge in [-0.15, -0.1) is 13.2 Å². The molecular weight excluding hydrogens is 305 g/mol. The lowest BCUT2D eigenvalue weighted by molar-refractivity contribution is -0.386. The molecule has 0 amide bonds. The van der Waals surface area contributed by atoms with Crippen LogP contribution in [0.5, 0.6) is 11.6 Å². The number of ether oxygens (including phenoxy) is 2. The zero-order chi connectivity index (χ0) is 16.3. The van der Waals surface area contributed by atoms with E-state index in [0.29, 0.717) is 5.56 Å². The topological polar surface area (TPSA) is 74.5 Å². The predicted molar refractivity (Wildman–Crippen MR) is 69.6 cm³/mol. The van der Waals surface area contributed by atoms with Crippen molar-refractivity contribution >= 4 is 5.69 Å².